The molecule has 1 rings (SSSR count). The number of hydrogen-bond acceptors (Lipinski definition) is 3. The number of aromatic nitrogens is 1. The van der Waals surface area contributed by atoms with Crippen molar-refractivity contribution in [3.63, 3.8) is 0 Å². The van der Waals surface area contributed by atoms with Gasteiger partial charge in [0.25, 0.3) is 5.91 Å². The van der Waals surface area contributed by atoms with Gasteiger partial charge in [0.15, 0.2) is 0 Å². The fourth-order valence-electron chi connectivity index (χ4n) is 1.03. The smallest absolute Gasteiger partial charge is 0.390 e. The molecule has 0 saturated carbocycles. The molecular formula is C9H10F3N3O. The lowest BCUT2D eigenvalue weighted by Gasteiger charge is -2.08. The zero-order valence-electron chi connectivity index (χ0n) is 8.21. The molecule has 1 heterocycles. The molecule has 7 heteroatoms. The molecule has 0 spiro atoms. The Morgan fingerprint density at radius 1 is 1.50 bits per heavy atom. The summed E-state index contributed by atoms with van der Waals surface area (Å²) in [5.74, 6) is -0.635. The molecule has 88 valence electrons. The standard InChI is InChI=1S/C9H10F3N3O/c10-9(11,12)2-4-15-8(16)6-1-3-14-5-7(6)13/h1,3,5H,2,4,13H2,(H,15,16). The lowest BCUT2D eigenvalue weighted by molar-refractivity contribution is -0.132. The summed E-state index contributed by atoms with van der Waals surface area (Å²) in [6.07, 6.45) is -2.74. The molecule has 0 bridgehead atoms. The summed E-state index contributed by atoms with van der Waals surface area (Å²) in [5.41, 5.74) is 5.69. The van der Waals surface area contributed by atoms with E-state index in [1.54, 1.807) is 0 Å². The molecule has 1 aromatic heterocycles. The van der Waals surface area contributed by atoms with Crippen LogP contribution in [0.4, 0.5) is 18.9 Å². The normalized spacial score (nSPS) is 11.2. The number of pyridine rings is 1. The largest absolute Gasteiger partial charge is 0.397 e. The Morgan fingerprint density at radius 2 is 2.19 bits per heavy atom. The number of rotatable bonds is 3. The molecule has 1 aromatic rings. The first-order valence-electron chi connectivity index (χ1n) is 4.44. The minimum Gasteiger partial charge on any atom is -0.397 e. The van der Waals surface area contributed by atoms with E-state index in [9.17, 15) is 18.0 Å². The number of carbonyl (C=O) groups excluding carboxylic acids is 1. The third-order valence-corrected chi connectivity index (χ3v) is 1.79. The average Bonchev–Trinajstić information content (AvgIpc) is 2.16. The van der Waals surface area contributed by atoms with Crippen LogP contribution in [0.2, 0.25) is 0 Å². The number of anilines is 1. The van der Waals surface area contributed by atoms with Crippen LogP contribution in [0.15, 0.2) is 18.5 Å². The van der Waals surface area contributed by atoms with Crippen molar-refractivity contribution in [3.8, 4) is 0 Å². The van der Waals surface area contributed by atoms with Crippen LogP contribution in [0.5, 0.6) is 0 Å². The van der Waals surface area contributed by atoms with Crippen molar-refractivity contribution >= 4 is 11.6 Å². The van der Waals surface area contributed by atoms with Crippen molar-refractivity contribution < 1.29 is 18.0 Å². The molecule has 0 saturated heterocycles. The number of nitrogens with zero attached hydrogens (tertiary/aromatic N) is 1. The van der Waals surface area contributed by atoms with Crippen LogP contribution in [-0.4, -0.2) is 23.6 Å². The van der Waals surface area contributed by atoms with E-state index in [0.717, 1.165) is 0 Å². The van der Waals surface area contributed by atoms with Gasteiger partial charge in [0.1, 0.15) is 0 Å². The summed E-state index contributed by atoms with van der Waals surface area (Å²) in [5, 5.41) is 2.13. The minimum atomic E-state index is -4.28. The maximum atomic E-state index is 11.8. The Kier molecular flexibility index (Phi) is 3.70. The fourth-order valence-corrected chi connectivity index (χ4v) is 1.03. The molecule has 3 N–H and O–H groups in total. The zero-order chi connectivity index (χ0) is 12.2. The Morgan fingerprint density at radius 3 is 2.75 bits per heavy atom. The van der Waals surface area contributed by atoms with Crippen molar-refractivity contribution in [2.45, 2.75) is 12.6 Å². The van der Waals surface area contributed by atoms with Crippen molar-refractivity contribution in [1.82, 2.24) is 10.3 Å². The maximum Gasteiger partial charge on any atom is 0.390 e. The van der Waals surface area contributed by atoms with E-state index >= 15 is 0 Å². The highest BCUT2D eigenvalue weighted by molar-refractivity contribution is 5.98. The quantitative estimate of drug-likeness (QED) is 0.827. The second kappa shape index (κ2) is 4.82. The molecule has 0 aliphatic rings. The first-order chi connectivity index (χ1) is 7.40. The topological polar surface area (TPSA) is 68.0 Å². The fraction of sp³-hybridized carbons (Fsp3) is 0.333. The first-order valence-corrected chi connectivity index (χ1v) is 4.44. The lowest BCUT2D eigenvalue weighted by atomic mass is 10.2. The van der Waals surface area contributed by atoms with E-state index in [0.29, 0.717) is 0 Å². The van der Waals surface area contributed by atoms with E-state index in [-0.39, 0.29) is 11.3 Å². The Labute approximate surface area is 89.7 Å². The molecule has 0 atom stereocenters. The van der Waals surface area contributed by atoms with Gasteiger partial charge in [0, 0.05) is 12.7 Å². The Bertz CT molecular complexity index is 379. The van der Waals surface area contributed by atoms with Crippen LogP contribution >= 0.6 is 0 Å². The third kappa shape index (κ3) is 3.76. The van der Waals surface area contributed by atoms with E-state index in [1.807, 2.05) is 0 Å². The minimum absolute atomic E-state index is 0.122. The molecule has 0 aromatic carbocycles. The molecule has 0 aliphatic carbocycles. The maximum absolute atomic E-state index is 11.8. The summed E-state index contributed by atoms with van der Waals surface area (Å²) in [7, 11) is 0. The molecule has 4 nitrogen and oxygen atoms in total. The van der Waals surface area contributed by atoms with E-state index < -0.39 is 25.0 Å². The Hall–Kier alpha value is -1.79. The van der Waals surface area contributed by atoms with Crippen LogP contribution in [0.3, 0.4) is 0 Å². The molecule has 1 amide bonds. The summed E-state index contributed by atoms with van der Waals surface area (Å²) < 4.78 is 35.4. The molecule has 0 fully saturated rings. The number of nitrogens with one attached hydrogen (secondary N) is 1. The number of hydrogen-bond donors (Lipinski definition) is 2. The number of alkyl halides is 3. The van der Waals surface area contributed by atoms with Gasteiger partial charge in [-0.1, -0.05) is 0 Å². The van der Waals surface area contributed by atoms with Gasteiger partial charge in [-0.25, -0.2) is 0 Å². The van der Waals surface area contributed by atoms with Crippen LogP contribution in [0.25, 0.3) is 0 Å². The molecule has 16 heavy (non-hydrogen) atoms. The number of halogens is 3. The van der Waals surface area contributed by atoms with Crippen LogP contribution in [0.1, 0.15) is 16.8 Å². The second-order valence-corrected chi connectivity index (χ2v) is 3.08. The highest BCUT2D eigenvalue weighted by atomic mass is 19.4. The van der Waals surface area contributed by atoms with E-state index in [4.69, 9.17) is 5.73 Å². The summed E-state index contributed by atoms with van der Waals surface area (Å²) in [6.45, 7) is -0.468. The van der Waals surface area contributed by atoms with E-state index in [2.05, 4.69) is 10.3 Å². The van der Waals surface area contributed by atoms with E-state index in [1.165, 1.54) is 18.5 Å². The van der Waals surface area contributed by atoms with Gasteiger partial charge in [0.2, 0.25) is 0 Å². The van der Waals surface area contributed by atoms with Gasteiger partial charge in [-0.3, -0.25) is 9.78 Å². The SMILES string of the molecule is Nc1cnccc1C(=O)NCCC(F)(F)F. The van der Waals surface area contributed by atoms with Gasteiger partial charge in [0.05, 0.1) is 23.9 Å². The summed E-state index contributed by atoms with van der Waals surface area (Å²) >= 11 is 0. The first kappa shape index (κ1) is 12.3. The van der Waals surface area contributed by atoms with Crippen molar-refractivity contribution in [3.05, 3.63) is 24.0 Å². The molecule has 0 aliphatic heterocycles. The van der Waals surface area contributed by atoms with Crippen molar-refractivity contribution in [1.29, 1.82) is 0 Å². The number of carbonyl (C=O) groups is 1. The number of amides is 1. The lowest BCUT2D eigenvalue weighted by Crippen LogP contribution is -2.28. The van der Waals surface area contributed by atoms with Gasteiger partial charge >= 0.3 is 6.18 Å². The van der Waals surface area contributed by atoms with Gasteiger partial charge in [-0.15, -0.1) is 0 Å². The predicted octanol–water partition coefficient (Wildman–Crippen LogP) is 1.35. The van der Waals surface area contributed by atoms with Crippen LogP contribution in [-0.2, 0) is 0 Å². The number of nitrogens with two attached hydrogens (primary N) is 1. The van der Waals surface area contributed by atoms with Gasteiger partial charge in [-0.2, -0.15) is 13.2 Å². The summed E-state index contributed by atoms with van der Waals surface area (Å²) in [4.78, 5) is 15.0. The van der Waals surface area contributed by atoms with Gasteiger partial charge in [-0.05, 0) is 6.07 Å². The second-order valence-electron chi connectivity index (χ2n) is 3.08. The zero-order valence-corrected chi connectivity index (χ0v) is 8.21. The average molecular weight is 233 g/mol. The highest BCUT2D eigenvalue weighted by Gasteiger charge is 2.26. The monoisotopic (exact) mass is 233 g/mol. The number of nitrogen functional groups attached to an aromatic ring is 1. The molecular weight excluding hydrogens is 223 g/mol. The Balaban J connectivity index is 2.51. The van der Waals surface area contributed by atoms with Gasteiger partial charge < -0.3 is 11.1 Å². The summed E-state index contributed by atoms with van der Waals surface area (Å²) in [6, 6.07) is 1.35. The third-order valence-electron chi connectivity index (χ3n) is 1.79. The van der Waals surface area contributed by atoms with Crippen LogP contribution < -0.4 is 11.1 Å². The predicted molar refractivity (Wildman–Crippen MR) is 51.7 cm³/mol. The van der Waals surface area contributed by atoms with Crippen molar-refractivity contribution in [2.24, 2.45) is 0 Å². The highest BCUT2D eigenvalue weighted by Crippen LogP contribution is 2.18. The molecule has 0 radical (unpaired) electrons. The van der Waals surface area contributed by atoms with Crippen molar-refractivity contribution in [2.75, 3.05) is 12.3 Å². The van der Waals surface area contributed by atoms with Crippen LogP contribution in [0, 0.1) is 0 Å². The molecule has 0 unspecified atom stereocenters.